The molecule has 108 valence electrons. The molecular weight excluding hydrogens is 276 g/mol. The van der Waals surface area contributed by atoms with Gasteiger partial charge in [-0.05, 0) is 23.8 Å². The van der Waals surface area contributed by atoms with Crippen molar-refractivity contribution in [2.45, 2.75) is 39.7 Å². The summed E-state index contributed by atoms with van der Waals surface area (Å²) in [4.78, 5) is 16.2. The summed E-state index contributed by atoms with van der Waals surface area (Å²) < 4.78 is 1.62. The molecule has 0 unspecified atom stereocenters. The average molecular weight is 294 g/mol. The molecule has 2 heterocycles. The highest BCUT2D eigenvalue weighted by molar-refractivity contribution is 7.09. The molecular formula is C12H18N6OS. The second-order valence-corrected chi connectivity index (χ2v) is 5.33. The van der Waals surface area contributed by atoms with Crippen LogP contribution in [-0.4, -0.2) is 37.6 Å². The molecule has 2 aromatic heterocycles. The molecule has 0 saturated carbocycles. The molecule has 0 aliphatic rings. The maximum Gasteiger partial charge on any atom is 0.221 e. The molecule has 1 N–H and O–H groups in total. The highest BCUT2D eigenvalue weighted by Gasteiger charge is 2.06. The molecule has 7 nitrogen and oxygen atoms in total. The van der Waals surface area contributed by atoms with Gasteiger partial charge in [0.2, 0.25) is 5.91 Å². The number of aromatic nitrogens is 5. The minimum Gasteiger partial charge on any atom is -0.356 e. The smallest absolute Gasteiger partial charge is 0.221 e. The normalized spacial score (nSPS) is 10.7. The number of amides is 1. The quantitative estimate of drug-likeness (QED) is 0.814. The van der Waals surface area contributed by atoms with E-state index >= 15 is 0 Å². The average Bonchev–Trinajstić information content (AvgIpc) is 3.05. The molecule has 0 spiro atoms. The third-order valence-electron chi connectivity index (χ3n) is 2.87. The number of carbonyl (C=O) groups excluding carboxylic acids is 1. The van der Waals surface area contributed by atoms with E-state index in [4.69, 9.17) is 0 Å². The second kappa shape index (κ2) is 7.09. The fourth-order valence-electron chi connectivity index (χ4n) is 1.71. The first-order valence-corrected chi connectivity index (χ1v) is 7.49. The van der Waals surface area contributed by atoms with Gasteiger partial charge in [-0.1, -0.05) is 6.92 Å². The summed E-state index contributed by atoms with van der Waals surface area (Å²) in [5, 5.41) is 17.2. The van der Waals surface area contributed by atoms with Crippen molar-refractivity contribution in [1.82, 2.24) is 30.5 Å². The highest BCUT2D eigenvalue weighted by Crippen LogP contribution is 2.10. The second-order valence-electron chi connectivity index (χ2n) is 4.39. The summed E-state index contributed by atoms with van der Waals surface area (Å²) in [7, 11) is 0. The van der Waals surface area contributed by atoms with Crippen LogP contribution in [0.3, 0.4) is 0 Å². The molecule has 0 atom stereocenters. The number of aryl methyl sites for hydroxylation is 3. The standard InChI is InChI=1S/C12H18N6OS/c1-3-12-14-10(8-20-12)4-6-13-11(19)5-7-18-9(2)15-16-17-18/h8H,3-7H2,1-2H3,(H,13,19). The summed E-state index contributed by atoms with van der Waals surface area (Å²) in [6.45, 7) is 5.01. The zero-order chi connectivity index (χ0) is 14.4. The number of hydrogen-bond donors (Lipinski definition) is 1. The minimum atomic E-state index is 0.00541. The Balaban J connectivity index is 1.66. The van der Waals surface area contributed by atoms with Gasteiger partial charge in [0, 0.05) is 24.8 Å². The Kier molecular flexibility index (Phi) is 5.16. The number of tetrazole rings is 1. The van der Waals surface area contributed by atoms with Gasteiger partial charge in [-0.15, -0.1) is 16.4 Å². The number of nitrogens with zero attached hydrogens (tertiary/aromatic N) is 5. The summed E-state index contributed by atoms with van der Waals surface area (Å²) in [5.74, 6) is 0.721. The van der Waals surface area contributed by atoms with Gasteiger partial charge in [0.05, 0.1) is 17.2 Å². The molecule has 8 heteroatoms. The Morgan fingerprint density at radius 3 is 3.00 bits per heavy atom. The summed E-state index contributed by atoms with van der Waals surface area (Å²) >= 11 is 1.67. The van der Waals surface area contributed by atoms with Crippen molar-refractivity contribution in [3.8, 4) is 0 Å². The Bertz CT molecular complexity index is 564. The van der Waals surface area contributed by atoms with Crippen LogP contribution in [0.15, 0.2) is 5.38 Å². The van der Waals surface area contributed by atoms with Crippen LogP contribution >= 0.6 is 11.3 Å². The van der Waals surface area contributed by atoms with Gasteiger partial charge in [-0.2, -0.15) is 0 Å². The van der Waals surface area contributed by atoms with Crippen LogP contribution in [0, 0.1) is 6.92 Å². The van der Waals surface area contributed by atoms with E-state index < -0.39 is 0 Å². The van der Waals surface area contributed by atoms with Crippen molar-refractivity contribution < 1.29 is 4.79 Å². The van der Waals surface area contributed by atoms with Gasteiger partial charge >= 0.3 is 0 Å². The lowest BCUT2D eigenvalue weighted by Crippen LogP contribution is -2.27. The lowest BCUT2D eigenvalue weighted by molar-refractivity contribution is -0.121. The number of thiazole rings is 1. The molecule has 0 aliphatic carbocycles. The van der Waals surface area contributed by atoms with Gasteiger partial charge in [-0.3, -0.25) is 4.79 Å². The fourth-order valence-corrected chi connectivity index (χ4v) is 2.49. The first-order valence-electron chi connectivity index (χ1n) is 6.61. The Morgan fingerprint density at radius 2 is 2.35 bits per heavy atom. The van der Waals surface area contributed by atoms with E-state index in [9.17, 15) is 4.79 Å². The first-order chi connectivity index (χ1) is 9.69. The number of carbonyl (C=O) groups is 1. The summed E-state index contributed by atoms with van der Waals surface area (Å²) in [6.07, 6.45) is 2.11. The van der Waals surface area contributed by atoms with Crippen molar-refractivity contribution in [3.63, 3.8) is 0 Å². The molecule has 0 saturated heterocycles. The molecule has 1 amide bonds. The molecule has 2 aromatic rings. The minimum absolute atomic E-state index is 0.00541. The van der Waals surface area contributed by atoms with Crippen molar-refractivity contribution in [2.24, 2.45) is 0 Å². The Morgan fingerprint density at radius 1 is 1.50 bits per heavy atom. The highest BCUT2D eigenvalue weighted by atomic mass is 32.1. The van der Waals surface area contributed by atoms with Gasteiger partial charge in [0.15, 0.2) is 0 Å². The van der Waals surface area contributed by atoms with E-state index in [2.05, 4.69) is 38.1 Å². The largest absolute Gasteiger partial charge is 0.356 e. The molecule has 0 radical (unpaired) electrons. The molecule has 0 aromatic carbocycles. The third kappa shape index (κ3) is 4.09. The summed E-state index contributed by atoms with van der Waals surface area (Å²) in [6, 6.07) is 0. The maximum absolute atomic E-state index is 11.7. The predicted molar refractivity (Wildman–Crippen MR) is 75.4 cm³/mol. The van der Waals surface area contributed by atoms with Crippen LogP contribution in [0.5, 0.6) is 0 Å². The molecule has 0 fully saturated rings. The predicted octanol–water partition coefficient (Wildman–Crippen LogP) is 0.749. The Labute approximate surface area is 121 Å². The van der Waals surface area contributed by atoms with Crippen LogP contribution < -0.4 is 5.32 Å². The maximum atomic E-state index is 11.7. The van der Waals surface area contributed by atoms with Crippen molar-refractivity contribution in [3.05, 3.63) is 21.9 Å². The zero-order valence-corrected chi connectivity index (χ0v) is 12.5. The first kappa shape index (κ1) is 14.6. The van der Waals surface area contributed by atoms with Crippen molar-refractivity contribution in [1.29, 1.82) is 0 Å². The Hall–Kier alpha value is -1.83. The van der Waals surface area contributed by atoms with E-state index in [1.54, 1.807) is 16.0 Å². The van der Waals surface area contributed by atoms with Crippen LogP contribution in [0.1, 0.15) is 29.9 Å². The number of nitrogens with one attached hydrogen (secondary N) is 1. The van der Waals surface area contributed by atoms with Crippen LogP contribution in [0.25, 0.3) is 0 Å². The third-order valence-corrected chi connectivity index (χ3v) is 3.91. The van der Waals surface area contributed by atoms with Crippen molar-refractivity contribution >= 4 is 17.2 Å². The molecule has 0 aliphatic heterocycles. The fraction of sp³-hybridized carbons (Fsp3) is 0.583. The van der Waals surface area contributed by atoms with Gasteiger partial charge in [0.25, 0.3) is 0 Å². The van der Waals surface area contributed by atoms with E-state index in [1.165, 1.54) is 0 Å². The van der Waals surface area contributed by atoms with Crippen LogP contribution in [-0.2, 0) is 24.2 Å². The summed E-state index contributed by atoms with van der Waals surface area (Å²) in [5.41, 5.74) is 1.04. The zero-order valence-electron chi connectivity index (χ0n) is 11.7. The van der Waals surface area contributed by atoms with E-state index in [-0.39, 0.29) is 5.91 Å². The van der Waals surface area contributed by atoms with E-state index in [0.717, 1.165) is 23.5 Å². The van der Waals surface area contributed by atoms with Crippen LogP contribution in [0.2, 0.25) is 0 Å². The van der Waals surface area contributed by atoms with E-state index in [1.807, 2.05) is 6.92 Å². The van der Waals surface area contributed by atoms with Crippen LogP contribution in [0.4, 0.5) is 0 Å². The SMILES string of the molecule is CCc1nc(CCNC(=O)CCn2nnnc2C)cs1. The molecule has 20 heavy (non-hydrogen) atoms. The lowest BCUT2D eigenvalue weighted by Gasteiger charge is -2.04. The van der Waals surface area contributed by atoms with Gasteiger partial charge in [0.1, 0.15) is 5.82 Å². The number of hydrogen-bond acceptors (Lipinski definition) is 6. The number of rotatable bonds is 7. The molecule has 0 bridgehead atoms. The monoisotopic (exact) mass is 294 g/mol. The molecule has 2 rings (SSSR count). The topological polar surface area (TPSA) is 85.6 Å². The van der Waals surface area contributed by atoms with E-state index in [0.29, 0.717) is 25.3 Å². The van der Waals surface area contributed by atoms with Gasteiger partial charge in [-0.25, -0.2) is 9.67 Å². The van der Waals surface area contributed by atoms with Gasteiger partial charge < -0.3 is 5.32 Å². The lowest BCUT2D eigenvalue weighted by atomic mass is 10.3. The van der Waals surface area contributed by atoms with Crippen molar-refractivity contribution in [2.75, 3.05) is 6.54 Å².